The third-order valence-corrected chi connectivity index (χ3v) is 5.97. The zero-order valence-electron chi connectivity index (χ0n) is 18.3. The van der Waals surface area contributed by atoms with Crippen molar-refractivity contribution in [2.75, 3.05) is 18.4 Å². The van der Waals surface area contributed by atoms with Gasteiger partial charge in [-0.1, -0.05) is 6.07 Å². The van der Waals surface area contributed by atoms with Gasteiger partial charge >= 0.3 is 0 Å². The Balaban J connectivity index is 1.40. The van der Waals surface area contributed by atoms with Crippen LogP contribution < -0.4 is 10.9 Å². The Morgan fingerprint density at radius 3 is 2.68 bits per heavy atom. The number of imidazole rings is 1. The third kappa shape index (κ3) is 5.36. The summed E-state index contributed by atoms with van der Waals surface area (Å²) >= 11 is 0. The third-order valence-electron chi connectivity index (χ3n) is 5.97. The minimum Gasteiger partial charge on any atom is -0.331 e. The van der Waals surface area contributed by atoms with Crippen LogP contribution >= 0.6 is 0 Å². The number of rotatable bonds is 6. The van der Waals surface area contributed by atoms with Gasteiger partial charge in [0.25, 0.3) is 5.92 Å². The largest absolute Gasteiger partial charge is 0.331 e. The van der Waals surface area contributed by atoms with Crippen LogP contribution in [0.15, 0.2) is 53.8 Å². The number of benzene rings is 1. The summed E-state index contributed by atoms with van der Waals surface area (Å²) in [5.74, 6) is -5.71. The zero-order valence-corrected chi connectivity index (χ0v) is 18.3. The van der Waals surface area contributed by atoms with Gasteiger partial charge in [-0.25, -0.2) is 22.5 Å². The van der Waals surface area contributed by atoms with E-state index in [-0.39, 0.29) is 31.0 Å². The predicted molar refractivity (Wildman–Crippen MR) is 117 cm³/mol. The molecule has 7 nitrogen and oxygen atoms in total. The van der Waals surface area contributed by atoms with Crippen molar-refractivity contribution in [3.05, 3.63) is 82.2 Å². The van der Waals surface area contributed by atoms with Gasteiger partial charge in [-0.3, -0.25) is 14.5 Å². The van der Waals surface area contributed by atoms with E-state index < -0.39 is 41.8 Å². The maximum absolute atomic E-state index is 14.6. The molecule has 1 aliphatic rings. The molecule has 1 aliphatic heterocycles. The van der Waals surface area contributed by atoms with Gasteiger partial charge in [0, 0.05) is 50.6 Å². The first-order valence-corrected chi connectivity index (χ1v) is 10.7. The minimum atomic E-state index is -2.97. The average molecular weight is 477 g/mol. The molecule has 3 heterocycles. The number of aromatic nitrogens is 3. The van der Waals surface area contributed by atoms with E-state index in [1.165, 1.54) is 43.0 Å². The number of halogens is 4. The highest BCUT2D eigenvalue weighted by atomic mass is 19.3. The lowest BCUT2D eigenvalue weighted by Crippen LogP contribution is -2.52. The van der Waals surface area contributed by atoms with Crippen LogP contribution in [-0.4, -0.2) is 50.4 Å². The summed E-state index contributed by atoms with van der Waals surface area (Å²) in [4.78, 5) is 32.2. The number of amides is 1. The highest BCUT2D eigenvalue weighted by Crippen LogP contribution is 2.40. The molecule has 4 rings (SSSR count). The Bertz CT molecular complexity index is 1200. The van der Waals surface area contributed by atoms with E-state index in [0.29, 0.717) is 11.1 Å². The first-order chi connectivity index (χ1) is 16.1. The fourth-order valence-corrected chi connectivity index (χ4v) is 4.09. The van der Waals surface area contributed by atoms with Gasteiger partial charge in [0.15, 0.2) is 5.82 Å². The van der Waals surface area contributed by atoms with Gasteiger partial charge in [0.05, 0.1) is 18.3 Å². The molecule has 0 unspecified atom stereocenters. The molecule has 11 heteroatoms. The van der Waals surface area contributed by atoms with Crippen LogP contribution in [0.3, 0.4) is 0 Å². The molecule has 0 aliphatic carbocycles. The van der Waals surface area contributed by atoms with Crippen LogP contribution in [0.2, 0.25) is 0 Å². The molecule has 1 fully saturated rings. The highest BCUT2D eigenvalue weighted by molar-refractivity contribution is 5.93. The number of hydrogen-bond donors (Lipinski definition) is 2. The first-order valence-electron chi connectivity index (χ1n) is 10.7. The molecule has 0 saturated carbocycles. The lowest BCUT2D eigenvalue weighted by molar-refractivity contribution is -0.125. The van der Waals surface area contributed by atoms with E-state index in [4.69, 9.17) is 0 Å². The van der Waals surface area contributed by atoms with Crippen LogP contribution in [0.5, 0.6) is 0 Å². The van der Waals surface area contributed by atoms with E-state index >= 15 is 0 Å². The Morgan fingerprint density at radius 2 is 2.00 bits per heavy atom. The molecule has 0 spiro atoms. The Morgan fingerprint density at radius 1 is 1.26 bits per heavy atom. The number of carbonyl (C=O) groups excluding carboxylic acids is 1. The van der Waals surface area contributed by atoms with Gasteiger partial charge in [0.1, 0.15) is 11.6 Å². The maximum Gasteiger partial charge on any atom is 0.257 e. The topological polar surface area (TPSA) is 83.0 Å². The van der Waals surface area contributed by atoms with Crippen molar-refractivity contribution in [2.24, 2.45) is 0 Å². The number of nitrogens with zero attached hydrogens (tertiary/aromatic N) is 3. The van der Waals surface area contributed by atoms with Crippen molar-refractivity contribution >= 4 is 11.7 Å². The Hall–Kier alpha value is -3.47. The Labute approximate surface area is 192 Å². The summed E-state index contributed by atoms with van der Waals surface area (Å²) in [6.07, 6.45) is 3.79. The number of aromatic amines is 1. The molecule has 2 N–H and O–H groups in total. The highest BCUT2D eigenvalue weighted by Gasteiger charge is 2.46. The van der Waals surface area contributed by atoms with Crippen LogP contribution in [-0.2, 0) is 11.3 Å². The lowest BCUT2D eigenvalue weighted by Gasteiger charge is -2.40. The number of nitrogens with one attached hydrogen (secondary N) is 2. The van der Waals surface area contributed by atoms with Gasteiger partial charge in [0.2, 0.25) is 11.5 Å². The summed E-state index contributed by atoms with van der Waals surface area (Å²) in [5.41, 5.74) is 0.313. The van der Waals surface area contributed by atoms with E-state index in [1.54, 1.807) is 16.4 Å². The summed E-state index contributed by atoms with van der Waals surface area (Å²) in [6, 6.07) is 5.05. The van der Waals surface area contributed by atoms with Gasteiger partial charge in [-0.05, 0) is 30.2 Å². The fraction of sp³-hybridized carbons (Fsp3) is 0.348. The normalized spacial score (nSPS) is 19.0. The number of anilines is 1. The average Bonchev–Trinajstić information content (AvgIpc) is 3.19. The quantitative estimate of drug-likeness (QED) is 0.534. The van der Waals surface area contributed by atoms with Crippen LogP contribution in [0.25, 0.3) is 0 Å². The second-order valence-electron chi connectivity index (χ2n) is 8.42. The van der Waals surface area contributed by atoms with Crippen molar-refractivity contribution in [3.8, 4) is 0 Å². The molecule has 3 aromatic rings. The van der Waals surface area contributed by atoms with Crippen molar-refractivity contribution in [1.29, 1.82) is 0 Å². The fourth-order valence-electron chi connectivity index (χ4n) is 4.09. The summed E-state index contributed by atoms with van der Waals surface area (Å²) in [5, 5.41) is 2.66. The van der Waals surface area contributed by atoms with E-state index in [2.05, 4.69) is 15.3 Å². The number of piperidine rings is 1. The SMILES string of the molecule is C[C@H](C(=O)Nc1cn(Cc2cc(F)cc(F)c2)cn1)N1CCC(F)(F)[C@@H](c2ccc(=O)[nH]c2)C1. The van der Waals surface area contributed by atoms with Crippen LogP contribution in [0.1, 0.15) is 30.4 Å². The van der Waals surface area contributed by atoms with Gasteiger partial charge in [-0.15, -0.1) is 0 Å². The van der Waals surface area contributed by atoms with Crippen molar-refractivity contribution in [2.45, 2.75) is 37.8 Å². The molecule has 2 aromatic heterocycles. The van der Waals surface area contributed by atoms with Crippen LogP contribution in [0.4, 0.5) is 23.4 Å². The predicted octanol–water partition coefficient (Wildman–Crippen LogP) is 3.35. The monoisotopic (exact) mass is 477 g/mol. The molecule has 2 atom stereocenters. The molecular formula is C23H23F4N5O2. The maximum atomic E-state index is 14.6. The number of pyridine rings is 1. The molecule has 34 heavy (non-hydrogen) atoms. The lowest BCUT2D eigenvalue weighted by atomic mass is 9.87. The van der Waals surface area contributed by atoms with Crippen molar-refractivity contribution in [3.63, 3.8) is 0 Å². The summed E-state index contributed by atoms with van der Waals surface area (Å²) < 4.78 is 57.5. The van der Waals surface area contributed by atoms with Crippen molar-refractivity contribution < 1.29 is 22.4 Å². The molecule has 0 bridgehead atoms. The number of carbonyl (C=O) groups is 1. The standard InChI is InChI=1S/C23H23F4N5O2/c1-14(32-5-4-23(26,27)19(11-32)16-2-3-21(33)28-9-16)22(34)30-20-12-31(13-29-20)10-15-6-17(24)8-18(25)7-15/h2-3,6-9,12-14,19H,4-5,10-11H2,1H3,(H,28,33)(H,30,34)/t14-,19-/m1/s1. The number of likely N-dealkylation sites (tertiary alicyclic amines) is 1. The number of H-pyrrole nitrogens is 1. The van der Waals surface area contributed by atoms with Crippen molar-refractivity contribution in [1.82, 2.24) is 19.4 Å². The van der Waals surface area contributed by atoms with E-state index in [0.717, 1.165) is 6.07 Å². The molecule has 1 amide bonds. The summed E-state index contributed by atoms with van der Waals surface area (Å²) in [6.45, 7) is 1.73. The second-order valence-corrected chi connectivity index (χ2v) is 8.42. The second kappa shape index (κ2) is 9.41. The van der Waals surface area contributed by atoms with Gasteiger partial charge < -0.3 is 14.9 Å². The van der Waals surface area contributed by atoms with E-state index in [1.807, 2.05) is 0 Å². The molecule has 180 valence electrons. The summed E-state index contributed by atoms with van der Waals surface area (Å²) in [7, 11) is 0. The van der Waals surface area contributed by atoms with E-state index in [9.17, 15) is 27.2 Å². The minimum absolute atomic E-state index is 0.0288. The number of hydrogen-bond acceptors (Lipinski definition) is 4. The smallest absolute Gasteiger partial charge is 0.257 e. The molecule has 1 saturated heterocycles. The molecular weight excluding hydrogens is 454 g/mol. The molecule has 0 radical (unpaired) electrons. The Kier molecular flexibility index (Phi) is 6.56. The molecule has 1 aromatic carbocycles. The van der Waals surface area contributed by atoms with Crippen LogP contribution in [0, 0.1) is 11.6 Å². The zero-order chi connectivity index (χ0) is 24.5. The number of alkyl halides is 2. The first kappa shape index (κ1) is 23.7. The van der Waals surface area contributed by atoms with Gasteiger partial charge in [-0.2, -0.15) is 0 Å².